The Bertz CT molecular complexity index is 152. The van der Waals surface area contributed by atoms with Crippen molar-refractivity contribution in [1.82, 2.24) is 0 Å². The second-order valence-corrected chi connectivity index (χ2v) is 3.61. The predicted molar refractivity (Wildman–Crippen MR) is 56.2 cm³/mol. The van der Waals surface area contributed by atoms with E-state index in [0.29, 0.717) is 12.4 Å². The molecule has 0 N–H and O–H groups in total. The molecular weight excluding hydrogens is 188 g/mol. The second-order valence-electron chi connectivity index (χ2n) is 3.61. The van der Waals surface area contributed by atoms with Crippen LogP contribution in [0.5, 0.6) is 0 Å². The first-order chi connectivity index (χ1) is 6.56. The highest BCUT2D eigenvalue weighted by Crippen LogP contribution is 2.11. The summed E-state index contributed by atoms with van der Waals surface area (Å²) in [5, 5.41) is 0. The quantitative estimate of drug-likeness (QED) is 0.400. The second kappa shape index (κ2) is 7.95. The van der Waals surface area contributed by atoms with E-state index in [2.05, 4.69) is 6.92 Å². The van der Waals surface area contributed by atoms with Crippen LogP contribution >= 0.6 is 0 Å². The Morgan fingerprint density at radius 1 is 0.929 bits per heavy atom. The number of allylic oxidation sites excluding steroid dienone is 1. The molecule has 0 nitrogen and oxygen atoms in total. The highest BCUT2D eigenvalue weighted by atomic mass is 19.4. The minimum Gasteiger partial charge on any atom is -0.445 e. The molecule has 0 bridgehead atoms. The van der Waals surface area contributed by atoms with Crippen LogP contribution < -0.4 is 0 Å². The molecule has 0 heterocycles. The summed E-state index contributed by atoms with van der Waals surface area (Å²) in [7, 11) is 0. The van der Waals surface area contributed by atoms with Gasteiger partial charge in [0, 0.05) is 0 Å². The van der Waals surface area contributed by atoms with Gasteiger partial charge in [-0.25, -0.2) is 0 Å². The lowest BCUT2D eigenvalue weighted by molar-refractivity contribution is 0.498. The SMILES string of the molecule is CCCCCCCC/C=C/[B-](F)(F)F. The van der Waals surface area contributed by atoms with E-state index in [4.69, 9.17) is 0 Å². The molecule has 0 aliphatic carbocycles. The topological polar surface area (TPSA) is 0 Å². The first-order valence-corrected chi connectivity index (χ1v) is 5.44. The Kier molecular flexibility index (Phi) is 7.72. The van der Waals surface area contributed by atoms with Gasteiger partial charge in [0.15, 0.2) is 0 Å². The van der Waals surface area contributed by atoms with Crippen molar-refractivity contribution in [1.29, 1.82) is 0 Å². The number of halogens is 3. The lowest BCUT2D eigenvalue weighted by Crippen LogP contribution is -2.09. The lowest BCUT2D eigenvalue weighted by atomic mass is 9.91. The highest BCUT2D eigenvalue weighted by molar-refractivity contribution is 6.64. The Morgan fingerprint density at radius 3 is 2.07 bits per heavy atom. The maximum Gasteiger partial charge on any atom is 0.502 e. The molecule has 14 heavy (non-hydrogen) atoms. The van der Waals surface area contributed by atoms with Crippen molar-refractivity contribution in [3.05, 3.63) is 12.1 Å². The zero-order chi connectivity index (χ0) is 10.9. The third-order valence-electron chi connectivity index (χ3n) is 2.08. The molecule has 0 aliphatic rings. The molecular formula is C10H19BF3-. The number of hydrogen-bond acceptors (Lipinski definition) is 0. The van der Waals surface area contributed by atoms with Crippen molar-refractivity contribution >= 4 is 6.98 Å². The summed E-state index contributed by atoms with van der Waals surface area (Å²) < 4.78 is 35.1. The van der Waals surface area contributed by atoms with Crippen molar-refractivity contribution in [2.75, 3.05) is 0 Å². The summed E-state index contributed by atoms with van der Waals surface area (Å²) in [6.45, 7) is -2.57. The number of rotatable bonds is 8. The van der Waals surface area contributed by atoms with E-state index in [-0.39, 0.29) is 0 Å². The van der Waals surface area contributed by atoms with Gasteiger partial charge in [-0.1, -0.05) is 39.0 Å². The molecule has 0 aromatic rings. The van der Waals surface area contributed by atoms with Gasteiger partial charge >= 0.3 is 6.98 Å². The molecule has 0 aromatic heterocycles. The smallest absolute Gasteiger partial charge is 0.445 e. The van der Waals surface area contributed by atoms with Crippen LogP contribution in [-0.2, 0) is 0 Å². The molecule has 0 amide bonds. The Hall–Kier alpha value is -0.405. The Balaban J connectivity index is 3.17. The fourth-order valence-corrected chi connectivity index (χ4v) is 1.29. The van der Waals surface area contributed by atoms with Crippen LogP contribution in [0.25, 0.3) is 0 Å². The van der Waals surface area contributed by atoms with Gasteiger partial charge in [-0.15, -0.1) is 12.1 Å². The molecule has 0 saturated heterocycles. The van der Waals surface area contributed by atoms with E-state index in [0.717, 1.165) is 19.3 Å². The minimum absolute atomic E-state index is 0.395. The normalized spacial score (nSPS) is 12.6. The average molecular weight is 207 g/mol. The van der Waals surface area contributed by atoms with Gasteiger partial charge < -0.3 is 12.9 Å². The summed E-state index contributed by atoms with van der Waals surface area (Å²) in [6, 6.07) is 0. The van der Waals surface area contributed by atoms with Gasteiger partial charge in [0.25, 0.3) is 0 Å². The third kappa shape index (κ3) is 11.6. The standard InChI is InChI=1S/C10H19BF3/c1-2-3-4-5-6-7-8-9-10-11(12,13)14/h9-10H,2-8H2,1H3/q-1/b10-9+. The molecule has 84 valence electrons. The van der Waals surface area contributed by atoms with Gasteiger partial charge in [0.05, 0.1) is 0 Å². The predicted octanol–water partition coefficient (Wildman–Crippen LogP) is 4.68. The van der Waals surface area contributed by atoms with Crippen molar-refractivity contribution < 1.29 is 12.9 Å². The molecule has 0 aliphatic heterocycles. The number of hydrogen-bond donors (Lipinski definition) is 0. The maximum atomic E-state index is 11.7. The highest BCUT2D eigenvalue weighted by Gasteiger charge is 2.16. The lowest BCUT2D eigenvalue weighted by Gasteiger charge is -2.05. The molecule has 0 aromatic carbocycles. The maximum absolute atomic E-state index is 11.7. The molecule has 0 rings (SSSR count). The molecule has 0 fully saturated rings. The monoisotopic (exact) mass is 207 g/mol. The van der Waals surface area contributed by atoms with E-state index in [1.807, 2.05) is 0 Å². The summed E-state index contributed by atoms with van der Waals surface area (Å²) in [6.07, 6.45) is 8.55. The van der Waals surface area contributed by atoms with Gasteiger partial charge in [0.1, 0.15) is 0 Å². The van der Waals surface area contributed by atoms with Crippen LogP contribution in [0.4, 0.5) is 12.9 Å². The zero-order valence-corrected chi connectivity index (χ0v) is 8.82. The Labute approximate surface area is 84.6 Å². The van der Waals surface area contributed by atoms with E-state index >= 15 is 0 Å². The summed E-state index contributed by atoms with van der Waals surface area (Å²) >= 11 is 0. The molecule has 0 spiro atoms. The van der Waals surface area contributed by atoms with Crippen molar-refractivity contribution in [3.8, 4) is 0 Å². The van der Waals surface area contributed by atoms with Crippen molar-refractivity contribution in [2.24, 2.45) is 0 Å². The van der Waals surface area contributed by atoms with Gasteiger partial charge in [-0.2, -0.15) is 0 Å². The molecule has 4 heteroatoms. The summed E-state index contributed by atoms with van der Waals surface area (Å²) in [5.41, 5.74) is 0. The van der Waals surface area contributed by atoms with Crippen LogP contribution in [0.1, 0.15) is 51.9 Å². The van der Waals surface area contributed by atoms with Crippen LogP contribution in [0.15, 0.2) is 12.1 Å². The fourth-order valence-electron chi connectivity index (χ4n) is 1.29. The van der Waals surface area contributed by atoms with E-state index < -0.39 is 6.98 Å². The number of unbranched alkanes of at least 4 members (excludes halogenated alkanes) is 6. The summed E-state index contributed by atoms with van der Waals surface area (Å²) in [5.74, 6) is 0.395. The van der Waals surface area contributed by atoms with E-state index in [1.165, 1.54) is 25.3 Å². The molecule has 0 atom stereocenters. The van der Waals surface area contributed by atoms with Gasteiger partial charge in [0.2, 0.25) is 0 Å². The molecule has 0 unspecified atom stereocenters. The first-order valence-electron chi connectivity index (χ1n) is 5.44. The van der Waals surface area contributed by atoms with Crippen molar-refractivity contribution in [3.63, 3.8) is 0 Å². The third-order valence-corrected chi connectivity index (χ3v) is 2.08. The molecule has 0 saturated carbocycles. The largest absolute Gasteiger partial charge is 0.502 e. The van der Waals surface area contributed by atoms with Crippen molar-refractivity contribution in [2.45, 2.75) is 51.9 Å². The molecule has 0 radical (unpaired) electrons. The first kappa shape index (κ1) is 13.6. The fraction of sp³-hybridized carbons (Fsp3) is 0.800. The summed E-state index contributed by atoms with van der Waals surface area (Å²) in [4.78, 5) is 0. The van der Waals surface area contributed by atoms with Gasteiger partial charge in [-0.05, 0) is 12.8 Å². The van der Waals surface area contributed by atoms with E-state index in [1.54, 1.807) is 0 Å². The zero-order valence-electron chi connectivity index (χ0n) is 8.82. The average Bonchev–Trinajstić information content (AvgIpc) is 2.08. The van der Waals surface area contributed by atoms with Crippen LogP contribution in [0.3, 0.4) is 0 Å². The van der Waals surface area contributed by atoms with Gasteiger partial charge in [-0.3, -0.25) is 0 Å². The minimum atomic E-state index is -4.71. The van der Waals surface area contributed by atoms with Crippen LogP contribution in [0, 0.1) is 0 Å². The van der Waals surface area contributed by atoms with Crippen LogP contribution in [0.2, 0.25) is 0 Å². The Morgan fingerprint density at radius 2 is 1.50 bits per heavy atom. The van der Waals surface area contributed by atoms with E-state index in [9.17, 15) is 12.9 Å². The van der Waals surface area contributed by atoms with Crippen LogP contribution in [-0.4, -0.2) is 6.98 Å².